The van der Waals surface area contributed by atoms with Gasteiger partial charge in [-0.15, -0.1) is 272 Å². The molecule has 0 saturated heterocycles. The molecule has 24 rings (SSSR count). The van der Waals surface area contributed by atoms with Crippen molar-refractivity contribution < 1.29 is 0 Å². The minimum atomic E-state index is 1.06. The van der Waals surface area contributed by atoms with Crippen LogP contribution in [0.25, 0.3) is 195 Å². The Hall–Kier alpha value is -7.20. The summed E-state index contributed by atoms with van der Waals surface area (Å²) in [6, 6.07) is 96.7. The first-order chi connectivity index (χ1) is 70.6. The van der Waals surface area contributed by atoms with Crippen molar-refractivity contribution >= 4 is 272 Å². The normalized spacial score (nSPS) is 11.5. The monoisotopic (exact) mass is 2310 g/mol. The molecule has 0 nitrogen and oxygen atoms in total. The van der Waals surface area contributed by atoms with Crippen LogP contribution in [0.15, 0.2) is 266 Å². The smallest absolute Gasteiger partial charge is 0.0484 e. The zero-order valence-corrected chi connectivity index (χ0v) is 101. The highest BCUT2D eigenvalue weighted by Crippen LogP contribution is 2.56. The van der Waals surface area contributed by atoms with Crippen molar-refractivity contribution in [3.8, 4) is 195 Å². The van der Waals surface area contributed by atoms with Crippen LogP contribution in [0, 0.1) is 0 Å². The first-order valence-electron chi connectivity index (χ1n) is 49.0. The third-order valence-electron chi connectivity index (χ3n) is 25.0. The molecule has 24 aromatic heterocycles. The van der Waals surface area contributed by atoms with E-state index in [1.165, 1.54) is 258 Å². The largest absolute Gasteiger partial charge is 0.143 e. The molecule has 0 fully saturated rings. The van der Waals surface area contributed by atoms with Crippen molar-refractivity contribution in [2.45, 2.75) is 160 Å². The Labute approximate surface area is 943 Å². The van der Waals surface area contributed by atoms with E-state index < -0.39 is 0 Å². The maximum Gasteiger partial charge on any atom is 0.0484 e. The molecule has 24 heteroatoms. The van der Waals surface area contributed by atoms with Gasteiger partial charge in [0.15, 0.2) is 0 Å². The van der Waals surface area contributed by atoms with E-state index in [1.54, 1.807) is 0 Å². The zero-order chi connectivity index (χ0) is 98.6. The summed E-state index contributed by atoms with van der Waals surface area (Å²) in [5.41, 5.74) is 8.81. The molecule has 0 aliphatic heterocycles. The third-order valence-corrected chi connectivity index (χ3v) is 55.9. The predicted octanol–water partition coefficient (Wildman–Crippen LogP) is 48.3. The standard InChI is InChI=1S/2C32H30S6.2C28H22S6/c1-5-19-17-29(25-11-9-21(7-3)33-25)37-31(19)27-15-13-23(35-27)24-14-16-28(36-24)32-20(6-2)18-30(38-32)26-12-10-22(8-4)34-26;1-5-19-17-29(27-15-13-25(35-27)23-11-9-21(7-3)33-23)37-31(19)32-20(6-2)18-30(38-32)28-16-14-26(36-28)24-12-10-22(8-4)34-24;1-3-17-5-7-19(29-17)21-9-11-23(31-21)25-13-15-27(33-25)28-16-14-26(34-28)24-12-10-22(32-24)20-8-6-18(4-2)30-20;1-3-17-15-25(19-7-5-13-29-19)33-27(17)23-11-9-21(31-23)22-10-12-24(32-22)28-18(4-2)16-26(34-28)20-8-6-14-30-20/h2*9-18H,5-8H2,1-4H3;2*5-16H,3-4H2,1-2H3. The summed E-state index contributed by atoms with van der Waals surface area (Å²) >= 11 is 46.2. The quantitative estimate of drug-likeness (QED) is 0.0394. The van der Waals surface area contributed by atoms with Gasteiger partial charge in [0.2, 0.25) is 0 Å². The number of aryl methyl sites for hydroxylation is 12. The maximum atomic E-state index is 2.45. The van der Waals surface area contributed by atoms with E-state index in [0.717, 1.165) is 77.0 Å². The molecular weight excluding hydrogens is 2210 g/mol. The van der Waals surface area contributed by atoms with Crippen LogP contribution in [0.3, 0.4) is 0 Å². The van der Waals surface area contributed by atoms with Crippen molar-refractivity contribution in [2.24, 2.45) is 0 Å². The fraction of sp³-hybridized carbons (Fsp3) is 0.200. The summed E-state index contributed by atoms with van der Waals surface area (Å²) < 4.78 is 0. The van der Waals surface area contributed by atoms with Gasteiger partial charge in [-0.25, -0.2) is 0 Å². The lowest BCUT2D eigenvalue weighted by atomic mass is 10.1. The molecule has 0 N–H and O–H groups in total. The Morgan fingerprint density at radius 2 is 0.257 bits per heavy atom. The summed E-state index contributed by atoms with van der Waals surface area (Å²) in [6.45, 7) is 27.1. The van der Waals surface area contributed by atoms with Crippen LogP contribution in [-0.4, -0.2) is 0 Å². The van der Waals surface area contributed by atoms with Crippen molar-refractivity contribution in [3.05, 3.63) is 328 Å². The van der Waals surface area contributed by atoms with Gasteiger partial charge >= 0.3 is 0 Å². The Balaban J connectivity index is 0.000000113. The van der Waals surface area contributed by atoms with E-state index in [0.29, 0.717) is 0 Å². The highest BCUT2D eigenvalue weighted by molar-refractivity contribution is 7.35. The van der Waals surface area contributed by atoms with Gasteiger partial charge in [0.05, 0.1) is 0 Å². The van der Waals surface area contributed by atoms with Crippen LogP contribution >= 0.6 is 272 Å². The van der Waals surface area contributed by atoms with Gasteiger partial charge in [0.25, 0.3) is 0 Å². The second kappa shape index (κ2) is 47.1. The molecule has 0 aliphatic carbocycles. The number of thiophene rings is 24. The lowest BCUT2D eigenvalue weighted by molar-refractivity contribution is 1.14. The fourth-order valence-electron chi connectivity index (χ4n) is 17.1. The molecule has 0 saturated carbocycles. The van der Waals surface area contributed by atoms with Crippen LogP contribution in [0.4, 0.5) is 0 Å². The molecule has 0 bridgehead atoms. The molecule has 0 spiro atoms. The van der Waals surface area contributed by atoms with Crippen molar-refractivity contribution in [3.63, 3.8) is 0 Å². The molecule has 728 valence electrons. The molecule has 0 aliphatic rings. The Morgan fingerprint density at radius 1 is 0.118 bits per heavy atom. The van der Waals surface area contributed by atoms with E-state index >= 15 is 0 Å². The summed E-state index contributed by atoms with van der Waals surface area (Å²) in [5, 5.41) is 4.33. The van der Waals surface area contributed by atoms with Gasteiger partial charge in [-0.3, -0.25) is 0 Å². The van der Waals surface area contributed by atoms with E-state index in [2.05, 4.69) is 349 Å². The van der Waals surface area contributed by atoms with Gasteiger partial charge in [-0.2, -0.15) is 0 Å². The van der Waals surface area contributed by atoms with Crippen LogP contribution in [0.1, 0.15) is 146 Å². The van der Waals surface area contributed by atoms with Gasteiger partial charge in [-0.05, 0) is 364 Å². The van der Waals surface area contributed by atoms with Crippen LogP contribution in [0.2, 0.25) is 0 Å². The zero-order valence-electron chi connectivity index (χ0n) is 81.7. The topological polar surface area (TPSA) is 0 Å². The predicted molar refractivity (Wildman–Crippen MR) is 676 cm³/mol. The van der Waals surface area contributed by atoms with Gasteiger partial charge in [0, 0.05) is 224 Å². The van der Waals surface area contributed by atoms with E-state index in [1.807, 2.05) is 272 Å². The number of rotatable bonds is 32. The van der Waals surface area contributed by atoms with Crippen LogP contribution < -0.4 is 0 Å². The summed E-state index contributed by atoms with van der Waals surface area (Å²) in [7, 11) is 0. The molecule has 24 aromatic rings. The summed E-state index contributed by atoms with van der Waals surface area (Å²) in [4.78, 5) is 64.5. The minimum Gasteiger partial charge on any atom is -0.143 e. The van der Waals surface area contributed by atoms with Crippen LogP contribution in [-0.2, 0) is 77.0 Å². The van der Waals surface area contributed by atoms with Crippen molar-refractivity contribution in [1.82, 2.24) is 0 Å². The average molecular weight is 2320 g/mol. The molecule has 0 radical (unpaired) electrons. The van der Waals surface area contributed by atoms with Crippen molar-refractivity contribution in [2.75, 3.05) is 0 Å². The second-order valence-electron chi connectivity index (χ2n) is 34.2. The Kier molecular flexibility index (Phi) is 33.6. The van der Waals surface area contributed by atoms with Gasteiger partial charge in [0.1, 0.15) is 0 Å². The van der Waals surface area contributed by atoms with E-state index in [-0.39, 0.29) is 0 Å². The maximum absolute atomic E-state index is 2.45. The van der Waals surface area contributed by atoms with Crippen molar-refractivity contribution in [1.29, 1.82) is 0 Å². The van der Waals surface area contributed by atoms with E-state index in [9.17, 15) is 0 Å². The summed E-state index contributed by atoms with van der Waals surface area (Å²) in [6.07, 6.45) is 13.1. The van der Waals surface area contributed by atoms with Crippen LogP contribution in [0.5, 0.6) is 0 Å². The Bertz CT molecular complexity index is 7850. The van der Waals surface area contributed by atoms with E-state index in [4.69, 9.17) is 0 Å². The molecule has 0 atom stereocenters. The molecular formula is C120H104S24. The lowest BCUT2D eigenvalue weighted by Crippen LogP contribution is -1.82. The number of hydrogen-bond donors (Lipinski definition) is 0. The highest BCUT2D eigenvalue weighted by atomic mass is 32.2. The van der Waals surface area contributed by atoms with Gasteiger partial charge in [-0.1, -0.05) is 95.2 Å². The highest BCUT2D eigenvalue weighted by Gasteiger charge is 2.26. The minimum absolute atomic E-state index is 1.06. The number of hydrogen-bond acceptors (Lipinski definition) is 24. The summed E-state index contributed by atoms with van der Waals surface area (Å²) in [5.74, 6) is 0. The van der Waals surface area contributed by atoms with Gasteiger partial charge < -0.3 is 0 Å². The molecule has 0 amide bonds. The Morgan fingerprint density at radius 3 is 0.424 bits per heavy atom. The molecule has 0 aromatic carbocycles. The first kappa shape index (κ1) is 103. The lowest BCUT2D eigenvalue weighted by Gasteiger charge is -2.01. The third kappa shape index (κ3) is 22.6. The average Bonchev–Trinajstić information content (AvgIpc) is 1.63. The SMILES string of the molecule is CCc1cc(-c2cccs2)sc1-c1ccc(-c2ccc(-c3sc(-c4cccs4)cc3CC)s2)s1.CCc1ccc(-c2cc(CC)c(-c3ccc(-c4ccc(-c5sc(-c6ccc(CC)s6)cc5CC)s4)s3)s2)s1.CCc1ccc(-c2ccc(-c3cc(CC)c(-c4sc(-c5ccc(-c6ccc(CC)s6)s5)cc4CC)s3)s2)s1.CCc1ccc(-c2ccc(-c3ccc(-c4ccc(-c5ccc(-c6ccc(CC)s6)s5)s4)s3)s2)s1. The molecule has 24 heterocycles. The second-order valence-corrected chi connectivity index (χ2v) is 60.3. The fourth-order valence-corrected chi connectivity index (χ4v) is 44.0. The molecule has 144 heavy (non-hydrogen) atoms. The molecule has 0 unspecified atom stereocenters. The first-order valence-corrected chi connectivity index (χ1v) is 68.8.